The minimum atomic E-state index is 0.763. The maximum absolute atomic E-state index is 5.04. The number of nitrogens with one attached hydrogen (secondary N) is 3. The Hall–Kier alpha value is -2.01. The molecule has 1 aromatic heterocycles. The summed E-state index contributed by atoms with van der Waals surface area (Å²) in [6.45, 7) is 4.67. The molecule has 0 aliphatic heterocycles. The largest absolute Gasteiger partial charge is 0.385 e. The molecule has 0 amide bonds. The van der Waals surface area contributed by atoms with Crippen molar-refractivity contribution in [1.82, 2.24) is 15.6 Å². The van der Waals surface area contributed by atoms with Crippen LogP contribution in [0.4, 0.5) is 0 Å². The Balaban J connectivity index is 1.86. The van der Waals surface area contributed by atoms with E-state index in [0.29, 0.717) is 0 Å². The average Bonchev–Trinajstić information content (AvgIpc) is 3.00. The van der Waals surface area contributed by atoms with Crippen molar-refractivity contribution in [2.24, 2.45) is 4.99 Å². The monoisotopic (exact) mass is 316 g/mol. The highest BCUT2D eigenvalue weighted by molar-refractivity contribution is 5.86. The zero-order valence-corrected chi connectivity index (χ0v) is 14.4. The lowest BCUT2D eigenvalue weighted by atomic mass is 10.1. The summed E-state index contributed by atoms with van der Waals surface area (Å²) in [7, 11) is 3.52. The van der Waals surface area contributed by atoms with Gasteiger partial charge in [-0.1, -0.05) is 25.1 Å². The summed E-state index contributed by atoms with van der Waals surface area (Å²) in [5.74, 6) is 0.843. The Bertz CT molecular complexity index is 633. The van der Waals surface area contributed by atoms with Crippen molar-refractivity contribution < 1.29 is 4.74 Å². The standard InChI is InChI=1S/C18H28N4O/c1-4-14-7-5-8-16-15(13-22-17(14)16)9-11-21-18(19-2)20-10-6-12-23-3/h5,7-8,13,22H,4,6,9-12H2,1-3H3,(H2,19,20,21). The molecule has 3 N–H and O–H groups in total. The van der Waals surface area contributed by atoms with Gasteiger partial charge in [0.05, 0.1) is 0 Å². The summed E-state index contributed by atoms with van der Waals surface area (Å²) < 4.78 is 5.04. The van der Waals surface area contributed by atoms with Gasteiger partial charge in [0.2, 0.25) is 0 Å². The number of H-pyrrole nitrogens is 1. The number of aromatic amines is 1. The number of aliphatic imine (C=N–C) groups is 1. The molecule has 5 heteroatoms. The lowest BCUT2D eigenvalue weighted by molar-refractivity contribution is 0.195. The Kier molecular flexibility index (Phi) is 6.94. The number of para-hydroxylation sites is 1. The summed E-state index contributed by atoms with van der Waals surface area (Å²) in [6.07, 6.45) is 5.11. The van der Waals surface area contributed by atoms with Crippen LogP contribution in [0.3, 0.4) is 0 Å². The van der Waals surface area contributed by atoms with E-state index in [1.54, 1.807) is 14.2 Å². The Labute approximate surface area is 138 Å². The number of rotatable bonds is 8. The summed E-state index contributed by atoms with van der Waals surface area (Å²) in [5.41, 5.74) is 3.99. The zero-order chi connectivity index (χ0) is 16.5. The van der Waals surface area contributed by atoms with E-state index in [4.69, 9.17) is 4.74 Å². The van der Waals surface area contributed by atoms with E-state index in [2.05, 4.69) is 51.9 Å². The maximum Gasteiger partial charge on any atom is 0.190 e. The molecule has 2 rings (SSSR count). The predicted octanol–water partition coefficient (Wildman–Crippen LogP) is 2.47. The highest BCUT2D eigenvalue weighted by Crippen LogP contribution is 2.22. The van der Waals surface area contributed by atoms with E-state index in [1.165, 1.54) is 22.0 Å². The Morgan fingerprint density at radius 3 is 2.78 bits per heavy atom. The highest BCUT2D eigenvalue weighted by atomic mass is 16.5. The molecule has 1 heterocycles. The van der Waals surface area contributed by atoms with Gasteiger partial charge in [0.25, 0.3) is 0 Å². The topological polar surface area (TPSA) is 61.4 Å². The highest BCUT2D eigenvalue weighted by Gasteiger charge is 2.06. The van der Waals surface area contributed by atoms with Crippen LogP contribution in [0.25, 0.3) is 10.9 Å². The summed E-state index contributed by atoms with van der Waals surface area (Å²) >= 11 is 0. The maximum atomic E-state index is 5.04. The van der Waals surface area contributed by atoms with E-state index in [0.717, 1.165) is 44.9 Å². The summed E-state index contributed by atoms with van der Waals surface area (Å²) in [5, 5.41) is 7.98. The molecule has 0 aliphatic carbocycles. The number of guanidine groups is 1. The zero-order valence-electron chi connectivity index (χ0n) is 14.4. The third-order valence-electron chi connectivity index (χ3n) is 4.00. The van der Waals surface area contributed by atoms with Gasteiger partial charge in [0.15, 0.2) is 5.96 Å². The average molecular weight is 316 g/mol. The molecule has 23 heavy (non-hydrogen) atoms. The van der Waals surface area contributed by atoms with Crippen molar-refractivity contribution >= 4 is 16.9 Å². The fourth-order valence-electron chi connectivity index (χ4n) is 2.74. The molecular weight excluding hydrogens is 288 g/mol. The van der Waals surface area contributed by atoms with Gasteiger partial charge in [-0.2, -0.15) is 0 Å². The minimum absolute atomic E-state index is 0.763. The number of ether oxygens (including phenoxy) is 1. The second-order valence-corrected chi connectivity index (χ2v) is 5.53. The van der Waals surface area contributed by atoms with Crippen LogP contribution in [-0.2, 0) is 17.6 Å². The molecule has 0 aliphatic rings. The van der Waals surface area contributed by atoms with Crippen LogP contribution in [0.1, 0.15) is 24.5 Å². The number of hydrogen-bond donors (Lipinski definition) is 3. The van der Waals surface area contributed by atoms with Crippen LogP contribution in [-0.4, -0.2) is 44.8 Å². The van der Waals surface area contributed by atoms with Crippen LogP contribution in [0.2, 0.25) is 0 Å². The molecule has 0 saturated carbocycles. The normalized spacial score (nSPS) is 11.9. The summed E-state index contributed by atoms with van der Waals surface area (Å²) in [6, 6.07) is 6.52. The first-order chi connectivity index (χ1) is 11.3. The van der Waals surface area contributed by atoms with Crippen molar-refractivity contribution in [1.29, 1.82) is 0 Å². The number of aryl methyl sites for hydroxylation is 1. The van der Waals surface area contributed by atoms with Gasteiger partial charge in [-0.15, -0.1) is 0 Å². The number of benzene rings is 1. The van der Waals surface area contributed by atoms with Gasteiger partial charge < -0.3 is 20.4 Å². The van der Waals surface area contributed by atoms with Crippen LogP contribution >= 0.6 is 0 Å². The first-order valence-corrected chi connectivity index (χ1v) is 8.31. The van der Waals surface area contributed by atoms with E-state index in [9.17, 15) is 0 Å². The third-order valence-corrected chi connectivity index (χ3v) is 4.00. The number of aromatic nitrogens is 1. The third kappa shape index (κ3) is 4.73. The quantitative estimate of drug-likeness (QED) is 0.398. The molecule has 0 bridgehead atoms. The van der Waals surface area contributed by atoms with E-state index in [-0.39, 0.29) is 0 Å². The molecule has 0 unspecified atom stereocenters. The van der Waals surface area contributed by atoms with Gasteiger partial charge in [-0.05, 0) is 30.4 Å². The van der Waals surface area contributed by atoms with E-state index in [1.807, 2.05) is 0 Å². The Morgan fingerprint density at radius 2 is 2.04 bits per heavy atom. The van der Waals surface area contributed by atoms with Crippen LogP contribution in [0, 0.1) is 0 Å². The predicted molar refractivity (Wildman–Crippen MR) is 97.2 cm³/mol. The van der Waals surface area contributed by atoms with Gasteiger partial charge >= 0.3 is 0 Å². The Morgan fingerprint density at radius 1 is 1.22 bits per heavy atom. The molecular formula is C18H28N4O. The second-order valence-electron chi connectivity index (χ2n) is 5.53. The van der Waals surface area contributed by atoms with Gasteiger partial charge in [0, 0.05) is 51.0 Å². The SMILES string of the molecule is CCc1cccc2c(CCNC(=NC)NCCCOC)c[nH]c12. The first kappa shape index (κ1) is 17.3. The molecule has 0 saturated heterocycles. The van der Waals surface area contributed by atoms with Crippen LogP contribution in [0.15, 0.2) is 29.4 Å². The van der Waals surface area contributed by atoms with Crippen molar-refractivity contribution in [3.8, 4) is 0 Å². The van der Waals surface area contributed by atoms with Gasteiger partial charge in [-0.25, -0.2) is 0 Å². The van der Waals surface area contributed by atoms with Crippen molar-refractivity contribution in [2.45, 2.75) is 26.2 Å². The number of methoxy groups -OCH3 is 1. The number of fused-ring (bicyclic) bond motifs is 1. The number of nitrogens with zero attached hydrogens (tertiary/aromatic N) is 1. The fourth-order valence-corrected chi connectivity index (χ4v) is 2.74. The second kappa shape index (κ2) is 9.20. The molecule has 0 spiro atoms. The van der Waals surface area contributed by atoms with Gasteiger partial charge in [0.1, 0.15) is 0 Å². The van der Waals surface area contributed by atoms with E-state index < -0.39 is 0 Å². The lowest BCUT2D eigenvalue weighted by Crippen LogP contribution is -2.38. The minimum Gasteiger partial charge on any atom is -0.385 e. The van der Waals surface area contributed by atoms with Crippen molar-refractivity contribution in [3.05, 3.63) is 35.5 Å². The number of hydrogen-bond acceptors (Lipinski definition) is 2. The lowest BCUT2D eigenvalue weighted by Gasteiger charge is -2.11. The van der Waals surface area contributed by atoms with Crippen molar-refractivity contribution in [3.63, 3.8) is 0 Å². The van der Waals surface area contributed by atoms with Crippen LogP contribution < -0.4 is 10.6 Å². The van der Waals surface area contributed by atoms with E-state index >= 15 is 0 Å². The molecule has 0 atom stereocenters. The smallest absolute Gasteiger partial charge is 0.190 e. The fraction of sp³-hybridized carbons (Fsp3) is 0.500. The first-order valence-electron chi connectivity index (χ1n) is 8.31. The molecule has 0 radical (unpaired) electrons. The summed E-state index contributed by atoms with van der Waals surface area (Å²) in [4.78, 5) is 7.66. The van der Waals surface area contributed by atoms with Gasteiger partial charge in [-0.3, -0.25) is 4.99 Å². The molecule has 0 fully saturated rings. The molecule has 126 valence electrons. The molecule has 2 aromatic rings. The molecule has 1 aromatic carbocycles. The van der Waals surface area contributed by atoms with Crippen LogP contribution in [0.5, 0.6) is 0 Å². The molecule has 5 nitrogen and oxygen atoms in total. The van der Waals surface area contributed by atoms with Crippen molar-refractivity contribution in [2.75, 3.05) is 33.9 Å².